The number of aryl methyl sites for hydroxylation is 17. The molecule has 0 saturated heterocycles. The van der Waals surface area contributed by atoms with Crippen molar-refractivity contribution >= 4 is 0 Å². The van der Waals surface area contributed by atoms with Crippen LogP contribution in [0, 0.1) is 90.0 Å². The summed E-state index contributed by atoms with van der Waals surface area (Å²) in [5, 5.41) is 0. The molecular weight excluding hydrogens is 947 g/mol. The summed E-state index contributed by atoms with van der Waals surface area (Å²) in [6, 6.07) is 57.8. The summed E-state index contributed by atoms with van der Waals surface area (Å²) < 4.78 is 11.0. The fourth-order valence-corrected chi connectivity index (χ4v) is 10.2. The summed E-state index contributed by atoms with van der Waals surface area (Å²) in [7, 11) is 10.5. The lowest BCUT2D eigenvalue weighted by molar-refractivity contribution is -0.661. The van der Waals surface area contributed by atoms with Crippen LogP contribution in [0.4, 0.5) is 0 Å². The van der Waals surface area contributed by atoms with Gasteiger partial charge in [-0.15, -0.1) is 0 Å². The van der Waals surface area contributed by atoms with Crippen molar-refractivity contribution in [2.75, 3.05) is 0 Å². The number of aromatic nitrogens is 5. The molecule has 0 aliphatic carbocycles. The van der Waals surface area contributed by atoms with Crippen LogP contribution in [0.3, 0.4) is 0 Å². The van der Waals surface area contributed by atoms with Crippen LogP contribution in [0.5, 0.6) is 0 Å². The van der Waals surface area contributed by atoms with E-state index in [1.807, 2.05) is 0 Å². The Kier molecular flexibility index (Phi) is 20.6. The van der Waals surface area contributed by atoms with Gasteiger partial charge in [0.2, 0.25) is 28.5 Å². The topological polar surface area (TPSA) is 19.4 Å². The van der Waals surface area contributed by atoms with Gasteiger partial charge in [0, 0.05) is 86.0 Å². The van der Waals surface area contributed by atoms with Gasteiger partial charge in [0.1, 0.15) is 35.2 Å². The molecule has 5 aromatic carbocycles. The second-order valence-corrected chi connectivity index (χ2v) is 21.3. The van der Waals surface area contributed by atoms with Gasteiger partial charge in [0.15, 0.2) is 31.0 Å². The minimum atomic E-state index is 1.27. The Morgan fingerprint density at radius 3 is 1.09 bits per heavy atom. The van der Waals surface area contributed by atoms with Gasteiger partial charge in [-0.3, -0.25) is 0 Å². The van der Waals surface area contributed by atoms with Gasteiger partial charge in [-0.05, 0) is 177 Å². The Hall–Kier alpha value is -8.15. The number of pyridine rings is 5. The molecule has 0 aliphatic rings. The molecule has 0 atom stereocenters. The second kappa shape index (κ2) is 27.2. The molecular formula is C73H86N5+5. The van der Waals surface area contributed by atoms with E-state index in [9.17, 15) is 0 Å². The van der Waals surface area contributed by atoms with Crippen molar-refractivity contribution in [1.29, 1.82) is 0 Å². The summed E-state index contributed by atoms with van der Waals surface area (Å²) in [6.07, 6.45) is 10.7. The van der Waals surface area contributed by atoms with Crippen molar-refractivity contribution in [3.05, 3.63) is 267 Å². The molecule has 5 nitrogen and oxygen atoms in total. The van der Waals surface area contributed by atoms with Crippen LogP contribution in [0.15, 0.2) is 195 Å². The Morgan fingerprint density at radius 1 is 0.231 bits per heavy atom. The number of benzene rings is 5. The summed E-state index contributed by atoms with van der Waals surface area (Å²) >= 11 is 0. The van der Waals surface area contributed by atoms with E-state index in [0.29, 0.717) is 0 Å². The molecule has 5 aromatic heterocycles. The van der Waals surface area contributed by atoms with E-state index in [1.54, 1.807) is 0 Å². The van der Waals surface area contributed by atoms with Crippen LogP contribution < -0.4 is 22.8 Å². The van der Waals surface area contributed by atoms with Crippen molar-refractivity contribution in [3.8, 4) is 56.3 Å². The lowest BCUT2D eigenvalue weighted by Crippen LogP contribution is -2.32. The Balaban J connectivity index is 0.000000158. The summed E-state index contributed by atoms with van der Waals surface area (Å²) in [5.74, 6) is 0. The standard InChI is InChI=1S/3C15H18N.2C14H16N/c1-11-9-13(3)15(16(4)10-11)14-8-6-5-7-12(14)2;1-11-7-5-6-8-14(11)15-9-12(2)13(3)10-16(15)4;1-11-9-10-16(4)15(13(11)3)14-8-6-5-7-12(14)2;1-11-7-4-5-9-13(11)14-12(2)8-6-10-15(14)3;1-11-8-9-15(3)14(10-11)13-7-5-4-6-12(13)2/h3*5-10H,1-4H3;2*4-10H,1-3H3/q5*+1. The zero-order chi connectivity index (χ0) is 56.8. The zero-order valence-electron chi connectivity index (χ0n) is 50.2. The Bertz CT molecular complexity index is 3630. The average molecular weight is 1030 g/mol. The molecule has 0 saturated carbocycles. The molecule has 10 aromatic rings. The van der Waals surface area contributed by atoms with E-state index in [0.717, 1.165) is 0 Å². The SMILES string of the molecule is Cc1cc(-c2ccccc2C)[n+](C)cc1C.Cc1cc(C)c(-c2ccccc2C)[n+](C)c1.Cc1cc[n+](C)c(-c2ccccc2C)c1.Cc1ccccc1-c1c(C)c(C)cc[n+]1C.Cc1ccccc1-c1c(C)ccc[n+]1C. The van der Waals surface area contributed by atoms with Gasteiger partial charge >= 0.3 is 0 Å². The van der Waals surface area contributed by atoms with Gasteiger partial charge in [0.05, 0.1) is 0 Å². The van der Waals surface area contributed by atoms with Crippen molar-refractivity contribution in [3.63, 3.8) is 0 Å². The van der Waals surface area contributed by atoms with Gasteiger partial charge in [-0.2, -0.15) is 0 Å². The van der Waals surface area contributed by atoms with Crippen molar-refractivity contribution in [2.45, 2.75) is 90.0 Å². The summed E-state index contributed by atoms with van der Waals surface area (Å²) in [6.45, 7) is 28.0. The molecule has 398 valence electrons. The lowest BCUT2D eigenvalue weighted by Gasteiger charge is -2.08. The predicted octanol–water partition coefficient (Wildman–Crippen LogP) is 14.9. The van der Waals surface area contributed by atoms with Crippen LogP contribution >= 0.6 is 0 Å². The third-order valence-corrected chi connectivity index (χ3v) is 14.9. The molecule has 0 bridgehead atoms. The predicted molar refractivity (Wildman–Crippen MR) is 327 cm³/mol. The molecule has 0 spiro atoms. The zero-order valence-corrected chi connectivity index (χ0v) is 50.2. The number of rotatable bonds is 5. The van der Waals surface area contributed by atoms with E-state index in [-0.39, 0.29) is 0 Å². The molecule has 0 N–H and O–H groups in total. The average Bonchev–Trinajstić information content (AvgIpc) is 3.44. The van der Waals surface area contributed by atoms with E-state index in [2.05, 4.69) is 343 Å². The van der Waals surface area contributed by atoms with Gasteiger partial charge in [-0.1, -0.05) is 91.0 Å². The van der Waals surface area contributed by atoms with Crippen molar-refractivity contribution < 1.29 is 22.8 Å². The quantitative estimate of drug-likeness (QED) is 0.153. The maximum absolute atomic E-state index is 2.26. The largest absolute Gasteiger partial charge is 0.215 e. The van der Waals surface area contributed by atoms with E-state index in [1.165, 1.54) is 129 Å². The molecule has 5 heterocycles. The van der Waals surface area contributed by atoms with Gasteiger partial charge in [-0.25, -0.2) is 22.8 Å². The minimum absolute atomic E-state index is 1.27. The summed E-state index contributed by atoms with van der Waals surface area (Å²) in [4.78, 5) is 0. The minimum Gasteiger partial charge on any atom is -0.201 e. The lowest BCUT2D eigenvalue weighted by atomic mass is 9.99. The highest BCUT2D eigenvalue weighted by Crippen LogP contribution is 2.27. The van der Waals surface area contributed by atoms with E-state index in [4.69, 9.17) is 0 Å². The van der Waals surface area contributed by atoms with Crippen LogP contribution in [0.25, 0.3) is 56.3 Å². The molecule has 0 amide bonds. The first-order valence-electron chi connectivity index (χ1n) is 27.3. The normalized spacial score (nSPS) is 10.4. The fourth-order valence-electron chi connectivity index (χ4n) is 10.2. The second-order valence-electron chi connectivity index (χ2n) is 21.3. The molecule has 0 unspecified atom stereocenters. The number of hydrogen-bond acceptors (Lipinski definition) is 0. The third-order valence-electron chi connectivity index (χ3n) is 14.9. The molecule has 0 aliphatic heterocycles. The Labute approximate surface area is 469 Å². The van der Waals surface area contributed by atoms with Gasteiger partial charge < -0.3 is 0 Å². The number of hydrogen-bond donors (Lipinski definition) is 0. The maximum Gasteiger partial charge on any atom is 0.215 e. The Morgan fingerprint density at radius 2 is 0.628 bits per heavy atom. The third kappa shape index (κ3) is 14.9. The van der Waals surface area contributed by atoms with E-state index < -0.39 is 0 Å². The molecule has 0 fully saturated rings. The van der Waals surface area contributed by atoms with Crippen LogP contribution in [-0.4, -0.2) is 0 Å². The monoisotopic (exact) mass is 1030 g/mol. The molecule has 10 rings (SSSR count). The highest BCUT2D eigenvalue weighted by molar-refractivity contribution is 5.67. The van der Waals surface area contributed by atoms with Crippen molar-refractivity contribution in [1.82, 2.24) is 0 Å². The molecule has 78 heavy (non-hydrogen) atoms. The smallest absolute Gasteiger partial charge is 0.201 e. The van der Waals surface area contributed by atoms with Crippen LogP contribution in [0.1, 0.15) is 72.3 Å². The highest BCUT2D eigenvalue weighted by atomic mass is 14.9. The van der Waals surface area contributed by atoms with Crippen LogP contribution in [-0.2, 0) is 35.2 Å². The fraction of sp³-hybridized carbons (Fsp3) is 0.247. The molecule has 0 radical (unpaired) electrons. The first-order chi connectivity index (χ1) is 37.2. The van der Waals surface area contributed by atoms with Crippen LogP contribution in [0.2, 0.25) is 0 Å². The van der Waals surface area contributed by atoms with Crippen molar-refractivity contribution in [2.24, 2.45) is 35.2 Å². The first-order valence-corrected chi connectivity index (χ1v) is 27.3. The number of nitrogens with zero attached hydrogens (tertiary/aromatic N) is 5. The molecule has 5 heteroatoms. The van der Waals surface area contributed by atoms with E-state index >= 15 is 0 Å². The first kappa shape index (κ1) is 59.1. The van der Waals surface area contributed by atoms with Gasteiger partial charge in [0.25, 0.3) is 0 Å². The maximum atomic E-state index is 2.26. The summed E-state index contributed by atoms with van der Waals surface area (Å²) in [5.41, 5.74) is 30.3. The highest BCUT2D eigenvalue weighted by Gasteiger charge is 2.19.